The molecule has 0 fully saturated rings. The molecule has 0 saturated carbocycles. The molecule has 100 valence electrons. The molecule has 0 heterocycles. The number of rotatable bonds is 7. The molecule has 0 saturated heterocycles. The van der Waals surface area contributed by atoms with Crippen LogP contribution >= 0.6 is 0 Å². The minimum absolute atomic E-state index is 0.190. The number of alkyl halides is 2. The summed E-state index contributed by atoms with van der Waals surface area (Å²) >= 11 is 0. The van der Waals surface area contributed by atoms with Crippen molar-refractivity contribution in [2.45, 2.75) is 32.9 Å². The Kier molecular flexibility index (Phi) is 6.36. The van der Waals surface area contributed by atoms with Gasteiger partial charge in [-0.2, -0.15) is 8.78 Å². The van der Waals surface area contributed by atoms with Crippen molar-refractivity contribution in [3.8, 4) is 5.75 Å². The predicted molar refractivity (Wildman–Crippen MR) is 68.9 cm³/mol. The van der Waals surface area contributed by atoms with E-state index in [0.717, 1.165) is 18.5 Å². The van der Waals surface area contributed by atoms with E-state index in [1.54, 1.807) is 24.3 Å². The SMILES string of the molecule is C/C=C/CCNC(C)c1ccc(OC(F)F)cc1. The van der Waals surface area contributed by atoms with Gasteiger partial charge in [0.15, 0.2) is 0 Å². The molecule has 0 aliphatic heterocycles. The quantitative estimate of drug-likeness (QED) is 0.589. The largest absolute Gasteiger partial charge is 0.435 e. The summed E-state index contributed by atoms with van der Waals surface area (Å²) in [7, 11) is 0. The summed E-state index contributed by atoms with van der Waals surface area (Å²) in [6, 6.07) is 6.91. The Bertz CT molecular complexity index is 363. The van der Waals surface area contributed by atoms with Gasteiger partial charge in [0.2, 0.25) is 0 Å². The number of hydrogen-bond donors (Lipinski definition) is 1. The zero-order valence-electron chi connectivity index (χ0n) is 10.7. The second-order valence-electron chi connectivity index (χ2n) is 3.98. The molecule has 0 amide bonds. The first-order valence-electron chi connectivity index (χ1n) is 6.02. The van der Waals surface area contributed by atoms with Crippen molar-refractivity contribution < 1.29 is 13.5 Å². The first-order chi connectivity index (χ1) is 8.63. The Balaban J connectivity index is 2.45. The maximum absolute atomic E-state index is 12.0. The molecule has 1 unspecified atom stereocenters. The zero-order chi connectivity index (χ0) is 13.4. The molecule has 18 heavy (non-hydrogen) atoms. The highest BCUT2D eigenvalue weighted by molar-refractivity contribution is 5.28. The normalized spacial score (nSPS) is 13.2. The fraction of sp³-hybridized carbons (Fsp3) is 0.429. The Morgan fingerprint density at radius 2 is 1.94 bits per heavy atom. The number of benzene rings is 1. The molecular formula is C14H19F2NO. The third-order valence-electron chi connectivity index (χ3n) is 2.60. The molecule has 0 aliphatic rings. The lowest BCUT2D eigenvalue weighted by Crippen LogP contribution is -2.19. The number of ether oxygens (including phenoxy) is 1. The summed E-state index contributed by atoms with van der Waals surface area (Å²) in [5.74, 6) is 0.190. The molecule has 0 aliphatic carbocycles. The smallest absolute Gasteiger partial charge is 0.387 e. The summed E-state index contributed by atoms with van der Waals surface area (Å²) in [5.41, 5.74) is 1.05. The zero-order valence-corrected chi connectivity index (χ0v) is 10.7. The van der Waals surface area contributed by atoms with E-state index in [-0.39, 0.29) is 11.8 Å². The molecule has 1 atom stereocenters. The fourth-order valence-corrected chi connectivity index (χ4v) is 1.61. The van der Waals surface area contributed by atoms with E-state index in [4.69, 9.17) is 0 Å². The molecule has 0 radical (unpaired) electrons. The van der Waals surface area contributed by atoms with Gasteiger partial charge in [-0.05, 0) is 44.5 Å². The topological polar surface area (TPSA) is 21.3 Å². The van der Waals surface area contributed by atoms with Gasteiger partial charge in [-0.3, -0.25) is 0 Å². The van der Waals surface area contributed by atoms with E-state index in [2.05, 4.69) is 16.1 Å². The highest BCUT2D eigenvalue weighted by atomic mass is 19.3. The molecule has 2 nitrogen and oxygen atoms in total. The Labute approximate surface area is 107 Å². The average molecular weight is 255 g/mol. The first kappa shape index (κ1) is 14.6. The molecule has 0 bridgehead atoms. The Morgan fingerprint density at radius 1 is 1.28 bits per heavy atom. The van der Waals surface area contributed by atoms with Crippen molar-refractivity contribution in [2.75, 3.05) is 6.54 Å². The summed E-state index contributed by atoms with van der Waals surface area (Å²) in [6.07, 6.45) is 5.09. The minimum atomic E-state index is -2.77. The van der Waals surface area contributed by atoms with Crippen LogP contribution in [0.25, 0.3) is 0 Å². The number of nitrogens with one attached hydrogen (secondary N) is 1. The summed E-state index contributed by atoms with van der Waals surface area (Å²) in [6.45, 7) is 2.15. The van der Waals surface area contributed by atoms with Crippen molar-refractivity contribution in [1.82, 2.24) is 5.32 Å². The van der Waals surface area contributed by atoms with Crippen LogP contribution < -0.4 is 10.1 Å². The lowest BCUT2D eigenvalue weighted by molar-refractivity contribution is -0.0498. The maximum Gasteiger partial charge on any atom is 0.387 e. The molecule has 1 rings (SSSR count). The van der Waals surface area contributed by atoms with E-state index >= 15 is 0 Å². The van der Waals surface area contributed by atoms with Gasteiger partial charge in [-0.25, -0.2) is 0 Å². The van der Waals surface area contributed by atoms with Crippen molar-refractivity contribution in [1.29, 1.82) is 0 Å². The monoisotopic (exact) mass is 255 g/mol. The number of hydrogen-bond acceptors (Lipinski definition) is 2. The fourth-order valence-electron chi connectivity index (χ4n) is 1.61. The molecule has 0 spiro atoms. The van der Waals surface area contributed by atoms with Gasteiger partial charge in [0, 0.05) is 6.04 Å². The predicted octanol–water partition coefficient (Wildman–Crippen LogP) is 3.90. The third kappa shape index (κ3) is 5.27. The Hall–Kier alpha value is -1.42. The van der Waals surface area contributed by atoms with Crippen molar-refractivity contribution in [2.24, 2.45) is 0 Å². The van der Waals surface area contributed by atoms with E-state index in [0.29, 0.717) is 0 Å². The minimum Gasteiger partial charge on any atom is -0.435 e. The van der Waals surface area contributed by atoms with Crippen molar-refractivity contribution in [3.63, 3.8) is 0 Å². The molecule has 1 aromatic carbocycles. The van der Waals surface area contributed by atoms with E-state index in [9.17, 15) is 8.78 Å². The van der Waals surface area contributed by atoms with Crippen molar-refractivity contribution >= 4 is 0 Å². The van der Waals surface area contributed by atoms with Crippen LogP contribution in [0.2, 0.25) is 0 Å². The van der Waals surface area contributed by atoms with Gasteiger partial charge in [-0.1, -0.05) is 24.3 Å². The second kappa shape index (κ2) is 7.82. The van der Waals surface area contributed by atoms with Gasteiger partial charge in [-0.15, -0.1) is 0 Å². The highest BCUT2D eigenvalue weighted by Crippen LogP contribution is 2.18. The van der Waals surface area contributed by atoms with Gasteiger partial charge in [0.1, 0.15) is 5.75 Å². The van der Waals surface area contributed by atoms with E-state index in [1.807, 2.05) is 19.9 Å². The summed E-state index contributed by atoms with van der Waals surface area (Å²) < 4.78 is 28.3. The van der Waals surface area contributed by atoms with Crippen molar-refractivity contribution in [3.05, 3.63) is 42.0 Å². The molecule has 1 N–H and O–H groups in total. The third-order valence-corrected chi connectivity index (χ3v) is 2.60. The van der Waals surface area contributed by atoms with Crippen LogP contribution in [0.5, 0.6) is 5.75 Å². The van der Waals surface area contributed by atoms with Gasteiger partial charge >= 0.3 is 6.61 Å². The standard InChI is InChI=1S/C14H19F2NO/c1-3-4-5-10-17-11(2)12-6-8-13(9-7-12)18-14(15)16/h3-4,6-9,11,14,17H,5,10H2,1-2H3/b4-3+. The van der Waals surface area contributed by atoms with Crippen LogP contribution in [0, 0.1) is 0 Å². The molecule has 0 aromatic heterocycles. The summed E-state index contributed by atoms with van der Waals surface area (Å²) in [4.78, 5) is 0. The second-order valence-corrected chi connectivity index (χ2v) is 3.98. The summed E-state index contributed by atoms with van der Waals surface area (Å²) in [5, 5.41) is 3.35. The lowest BCUT2D eigenvalue weighted by Gasteiger charge is -2.14. The van der Waals surface area contributed by atoms with Crippen LogP contribution in [0.4, 0.5) is 8.78 Å². The van der Waals surface area contributed by atoms with Gasteiger partial charge in [0.25, 0.3) is 0 Å². The van der Waals surface area contributed by atoms with Crippen LogP contribution in [0.3, 0.4) is 0 Å². The van der Waals surface area contributed by atoms with E-state index < -0.39 is 6.61 Å². The molecular weight excluding hydrogens is 236 g/mol. The van der Waals surface area contributed by atoms with Gasteiger partial charge < -0.3 is 10.1 Å². The van der Waals surface area contributed by atoms with Crippen LogP contribution in [-0.2, 0) is 0 Å². The molecule has 1 aromatic rings. The highest BCUT2D eigenvalue weighted by Gasteiger charge is 2.06. The lowest BCUT2D eigenvalue weighted by atomic mass is 10.1. The molecule has 4 heteroatoms. The average Bonchev–Trinajstić information content (AvgIpc) is 2.34. The number of allylic oxidation sites excluding steroid dienone is 1. The maximum atomic E-state index is 12.0. The van der Waals surface area contributed by atoms with Crippen LogP contribution in [0.1, 0.15) is 31.9 Å². The number of halogens is 2. The Morgan fingerprint density at radius 3 is 2.50 bits per heavy atom. The van der Waals surface area contributed by atoms with Gasteiger partial charge in [0.05, 0.1) is 0 Å². The van der Waals surface area contributed by atoms with Crippen LogP contribution in [0.15, 0.2) is 36.4 Å². The van der Waals surface area contributed by atoms with Crippen LogP contribution in [-0.4, -0.2) is 13.2 Å². The first-order valence-corrected chi connectivity index (χ1v) is 6.02. The van der Waals surface area contributed by atoms with E-state index in [1.165, 1.54) is 0 Å².